The second-order valence-electron chi connectivity index (χ2n) is 3.52. The number of hydrogen-bond acceptors (Lipinski definition) is 2. The van der Waals surface area contributed by atoms with Crippen LogP contribution in [0, 0.1) is 5.41 Å². The van der Waals surface area contributed by atoms with Crippen molar-refractivity contribution in [3.05, 3.63) is 49.6 Å². The van der Waals surface area contributed by atoms with Gasteiger partial charge in [0.25, 0.3) is 0 Å². The molecule has 0 saturated heterocycles. The van der Waals surface area contributed by atoms with Gasteiger partial charge in [-0.15, -0.1) is 6.58 Å². The van der Waals surface area contributed by atoms with Gasteiger partial charge in [-0.05, 0) is 6.42 Å². The predicted molar refractivity (Wildman–Crippen MR) is 55.5 cm³/mol. The van der Waals surface area contributed by atoms with Crippen LogP contribution in [-0.2, 0) is 6.54 Å². The Hall–Kier alpha value is -1.64. The van der Waals surface area contributed by atoms with Crippen LogP contribution in [0.25, 0.3) is 0 Å². The van der Waals surface area contributed by atoms with E-state index in [1.165, 1.54) is 0 Å². The fourth-order valence-corrected chi connectivity index (χ4v) is 1.63. The van der Waals surface area contributed by atoms with E-state index >= 15 is 0 Å². The van der Waals surface area contributed by atoms with Gasteiger partial charge in [0.15, 0.2) is 0 Å². The van der Waals surface area contributed by atoms with E-state index in [9.17, 15) is 0 Å². The average Bonchev–Trinajstić information content (AvgIpc) is 2.72. The Kier molecular flexibility index (Phi) is 2.31. The summed E-state index contributed by atoms with van der Waals surface area (Å²) in [5.41, 5.74) is 0.00243. The van der Waals surface area contributed by atoms with Crippen molar-refractivity contribution >= 4 is 0 Å². The van der Waals surface area contributed by atoms with Crippen molar-refractivity contribution in [1.82, 2.24) is 14.8 Å². The minimum atomic E-state index is 0.00243. The van der Waals surface area contributed by atoms with E-state index < -0.39 is 0 Å². The first-order valence-electron chi connectivity index (χ1n) is 4.65. The number of nitrogens with zero attached hydrogens (tertiary/aromatic N) is 3. The summed E-state index contributed by atoms with van der Waals surface area (Å²) in [7, 11) is 0. The summed E-state index contributed by atoms with van der Waals surface area (Å²) in [5.74, 6) is 0. The first-order chi connectivity index (χ1) is 6.85. The third-order valence-electron chi connectivity index (χ3n) is 2.50. The van der Waals surface area contributed by atoms with Gasteiger partial charge in [0.2, 0.25) is 0 Å². The molecule has 1 aliphatic rings. The SMILES string of the molecule is C=CC1(Cn2cncn2)C=CC=CC1. The summed E-state index contributed by atoms with van der Waals surface area (Å²) in [6, 6.07) is 0. The summed E-state index contributed by atoms with van der Waals surface area (Å²) in [6.45, 7) is 4.69. The Bertz CT molecular complexity index is 362. The zero-order valence-electron chi connectivity index (χ0n) is 8.00. The first-order valence-corrected chi connectivity index (χ1v) is 4.65. The molecule has 0 saturated carbocycles. The quantitative estimate of drug-likeness (QED) is 0.677. The first kappa shape index (κ1) is 8.94. The zero-order valence-corrected chi connectivity index (χ0v) is 8.00. The van der Waals surface area contributed by atoms with E-state index in [4.69, 9.17) is 0 Å². The highest BCUT2D eigenvalue weighted by Gasteiger charge is 2.23. The molecular formula is C11H13N3. The molecule has 0 fully saturated rings. The third kappa shape index (κ3) is 1.66. The minimum Gasteiger partial charge on any atom is -0.252 e. The maximum Gasteiger partial charge on any atom is 0.137 e. The van der Waals surface area contributed by atoms with Crippen LogP contribution in [0.2, 0.25) is 0 Å². The van der Waals surface area contributed by atoms with Gasteiger partial charge >= 0.3 is 0 Å². The molecule has 2 rings (SSSR count). The van der Waals surface area contributed by atoms with Crippen LogP contribution in [0.1, 0.15) is 6.42 Å². The highest BCUT2D eigenvalue weighted by Crippen LogP contribution is 2.30. The normalized spacial score (nSPS) is 25.1. The maximum atomic E-state index is 4.10. The lowest BCUT2D eigenvalue weighted by Gasteiger charge is -2.26. The van der Waals surface area contributed by atoms with Crippen molar-refractivity contribution in [2.75, 3.05) is 0 Å². The number of rotatable bonds is 3. The van der Waals surface area contributed by atoms with Crippen molar-refractivity contribution in [3.8, 4) is 0 Å². The number of aromatic nitrogens is 3. The van der Waals surface area contributed by atoms with Crippen LogP contribution < -0.4 is 0 Å². The van der Waals surface area contributed by atoms with Crippen molar-refractivity contribution in [1.29, 1.82) is 0 Å². The molecule has 0 N–H and O–H groups in total. The number of allylic oxidation sites excluding steroid dienone is 5. The number of hydrogen-bond donors (Lipinski definition) is 0. The Labute approximate surface area is 83.5 Å². The van der Waals surface area contributed by atoms with Gasteiger partial charge in [0.1, 0.15) is 12.7 Å². The minimum absolute atomic E-state index is 0.00243. The third-order valence-corrected chi connectivity index (χ3v) is 2.50. The molecule has 3 heteroatoms. The average molecular weight is 187 g/mol. The molecule has 1 unspecified atom stereocenters. The molecule has 3 nitrogen and oxygen atoms in total. The zero-order chi connectivity index (χ0) is 9.86. The van der Waals surface area contributed by atoms with Gasteiger partial charge < -0.3 is 0 Å². The van der Waals surface area contributed by atoms with E-state index in [1.54, 1.807) is 12.7 Å². The van der Waals surface area contributed by atoms with E-state index in [2.05, 4.69) is 41.0 Å². The van der Waals surface area contributed by atoms with Gasteiger partial charge in [0.05, 0.1) is 6.54 Å². The molecule has 1 aliphatic carbocycles. The lowest BCUT2D eigenvalue weighted by Crippen LogP contribution is -2.23. The fraction of sp³-hybridized carbons (Fsp3) is 0.273. The molecule has 0 aromatic carbocycles. The molecule has 0 bridgehead atoms. The van der Waals surface area contributed by atoms with Crippen LogP contribution in [0.3, 0.4) is 0 Å². The summed E-state index contributed by atoms with van der Waals surface area (Å²) < 4.78 is 1.84. The summed E-state index contributed by atoms with van der Waals surface area (Å²) in [6.07, 6.45) is 14.7. The molecule has 1 atom stereocenters. The van der Waals surface area contributed by atoms with Gasteiger partial charge in [-0.1, -0.05) is 30.4 Å². The van der Waals surface area contributed by atoms with Crippen LogP contribution >= 0.6 is 0 Å². The van der Waals surface area contributed by atoms with Crippen LogP contribution in [0.15, 0.2) is 49.6 Å². The Morgan fingerprint density at radius 3 is 3.00 bits per heavy atom. The molecule has 72 valence electrons. The topological polar surface area (TPSA) is 30.7 Å². The smallest absolute Gasteiger partial charge is 0.137 e. The van der Waals surface area contributed by atoms with Gasteiger partial charge in [-0.25, -0.2) is 4.98 Å². The van der Waals surface area contributed by atoms with E-state index in [0.29, 0.717) is 0 Å². The highest BCUT2D eigenvalue weighted by atomic mass is 15.3. The summed E-state index contributed by atoms with van der Waals surface area (Å²) in [5, 5.41) is 4.10. The molecule has 1 heterocycles. The van der Waals surface area contributed by atoms with Gasteiger partial charge in [0, 0.05) is 5.41 Å². The fourth-order valence-electron chi connectivity index (χ4n) is 1.63. The van der Waals surface area contributed by atoms with E-state index in [1.807, 2.05) is 10.8 Å². The maximum absolute atomic E-state index is 4.10. The molecule has 1 aromatic heterocycles. The Morgan fingerprint density at radius 2 is 2.43 bits per heavy atom. The van der Waals surface area contributed by atoms with Crippen LogP contribution in [0.5, 0.6) is 0 Å². The Balaban J connectivity index is 2.18. The largest absolute Gasteiger partial charge is 0.252 e. The molecule has 1 aromatic rings. The summed E-state index contributed by atoms with van der Waals surface area (Å²) >= 11 is 0. The molecule has 14 heavy (non-hydrogen) atoms. The van der Waals surface area contributed by atoms with E-state index in [0.717, 1.165) is 13.0 Å². The van der Waals surface area contributed by atoms with Crippen molar-refractivity contribution < 1.29 is 0 Å². The van der Waals surface area contributed by atoms with Crippen molar-refractivity contribution in [3.63, 3.8) is 0 Å². The van der Waals surface area contributed by atoms with Crippen LogP contribution in [-0.4, -0.2) is 14.8 Å². The highest BCUT2D eigenvalue weighted by molar-refractivity contribution is 5.21. The lowest BCUT2D eigenvalue weighted by atomic mass is 9.82. The summed E-state index contributed by atoms with van der Waals surface area (Å²) in [4.78, 5) is 3.93. The second kappa shape index (κ2) is 3.62. The molecular weight excluding hydrogens is 174 g/mol. The molecule has 0 spiro atoms. The van der Waals surface area contributed by atoms with Gasteiger partial charge in [-0.3, -0.25) is 4.68 Å². The van der Waals surface area contributed by atoms with Crippen molar-refractivity contribution in [2.24, 2.45) is 5.41 Å². The van der Waals surface area contributed by atoms with Crippen molar-refractivity contribution in [2.45, 2.75) is 13.0 Å². The van der Waals surface area contributed by atoms with Gasteiger partial charge in [-0.2, -0.15) is 5.10 Å². The van der Waals surface area contributed by atoms with E-state index in [-0.39, 0.29) is 5.41 Å². The molecule has 0 radical (unpaired) electrons. The monoisotopic (exact) mass is 187 g/mol. The molecule has 0 aliphatic heterocycles. The standard InChI is InChI=1S/C11H13N3/c1-2-11(6-4-3-5-7-11)8-14-10-12-9-13-14/h2-6,9-10H,1,7-8H2. The predicted octanol–water partition coefficient (Wildman–Crippen LogP) is 1.97. The van der Waals surface area contributed by atoms with Crippen LogP contribution in [0.4, 0.5) is 0 Å². The molecule has 0 amide bonds. The Morgan fingerprint density at radius 1 is 1.50 bits per heavy atom. The second-order valence-corrected chi connectivity index (χ2v) is 3.52. The lowest BCUT2D eigenvalue weighted by molar-refractivity contribution is 0.386.